The predicted molar refractivity (Wildman–Crippen MR) is 139 cm³/mol. The molecule has 1 saturated heterocycles. The summed E-state index contributed by atoms with van der Waals surface area (Å²) in [5.41, 5.74) is 0.920. The lowest BCUT2D eigenvalue weighted by atomic mass is 10.0. The molecule has 2 aliphatic rings. The van der Waals surface area contributed by atoms with Gasteiger partial charge < -0.3 is 23.5 Å². The maximum Gasteiger partial charge on any atom is 0.573 e. The van der Waals surface area contributed by atoms with Crippen LogP contribution in [0, 0.1) is 24.7 Å². The van der Waals surface area contributed by atoms with Gasteiger partial charge in [-0.3, -0.25) is 4.79 Å². The number of nitrogens with zero attached hydrogens (tertiary/aromatic N) is 4. The van der Waals surface area contributed by atoms with Crippen molar-refractivity contribution >= 4 is 5.91 Å². The SMILES string of the molecule is CCn1cnc(C(=O)N(Cc2cccc(OC(F)(F)F)c2)CC2C3CN(CCC(C)c4ccc(C)o4)CC32)c1. The number of fused-ring (bicyclic) bond motifs is 1. The highest BCUT2D eigenvalue weighted by molar-refractivity contribution is 5.92. The lowest BCUT2D eigenvalue weighted by Gasteiger charge is -2.25. The summed E-state index contributed by atoms with van der Waals surface area (Å²) in [6, 6.07) is 9.89. The van der Waals surface area contributed by atoms with Crippen LogP contribution in [-0.4, -0.2) is 57.8 Å². The highest BCUT2D eigenvalue weighted by Gasteiger charge is 2.55. The van der Waals surface area contributed by atoms with E-state index in [1.807, 2.05) is 24.5 Å². The Balaban J connectivity index is 1.21. The Bertz CT molecular complexity index is 1270. The van der Waals surface area contributed by atoms with Gasteiger partial charge in [0.05, 0.1) is 6.33 Å². The largest absolute Gasteiger partial charge is 0.573 e. The van der Waals surface area contributed by atoms with Crippen LogP contribution in [-0.2, 0) is 13.1 Å². The fourth-order valence-corrected chi connectivity index (χ4v) is 5.77. The molecule has 0 bridgehead atoms. The molecule has 1 amide bonds. The van der Waals surface area contributed by atoms with Gasteiger partial charge in [-0.05, 0) is 74.4 Å². The van der Waals surface area contributed by atoms with Crippen molar-refractivity contribution in [2.45, 2.75) is 52.6 Å². The van der Waals surface area contributed by atoms with E-state index < -0.39 is 6.36 Å². The standard InChI is InChI=1S/C29H35F3N4O3/c1-4-34-17-26(33-18-34)28(37)36(13-21-6-5-7-22(12-21)39-29(30,31)32)16-25-23-14-35(15-24(23)25)11-10-19(2)27-9-8-20(3)38-27/h5-9,12,17-19,23-25H,4,10-11,13-16H2,1-3H3. The molecule has 7 nitrogen and oxygen atoms in total. The van der Waals surface area contributed by atoms with Gasteiger partial charge in [0, 0.05) is 44.8 Å². The second kappa shape index (κ2) is 11.1. The van der Waals surface area contributed by atoms with Crippen LogP contribution in [0.3, 0.4) is 0 Å². The van der Waals surface area contributed by atoms with E-state index in [-0.39, 0.29) is 18.2 Å². The van der Waals surface area contributed by atoms with Crippen LogP contribution in [0.5, 0.6) is 5.75 Å². The summed E-state index contributed by atoms with van der Waals surface area (Å²) in [7, 11) is 0. The fraction of sp³-hybridized carbons (Fsp3) is 0.517. The van der Waals surface area contributed by atoms with Crippen molar-refractivity contribution in [1.82, 2.24) is 19.4 Å². The van der Waals surface area contributed by atoms with Crippen molar-refractivity contribution in [2.24, 2.45) is 17.8 Å². The summed E-state index contributed by atoms with van der Waals surface area (Å²) in [5.74, 6) is 3.23. The number of furan rings is 1. The van der Waals surface area contributed by atoms with E-state index in [1.165, 1.54) is 18.2 Å². The molecule has 3 heterocycles. The van der Waals surface area contributed by atoms with Crippen molar-refractivity contribution in [3.8, 4) is 5.75 Å². The summed E-state index contributed by atoms with van der Waals surface area (Å²) in [4.78, 5) is 22.0. The minimum atomic E-state index is -4.77. The average Bonchev–Trinajstić information content (AvgIpc) is 3.37. The predicted octanol–water partition coefficient (Wildman–Crippen LogP) is 5.72. The van der Waals surface area contributed by atoms with Crippen molar-refractivity contribution in [1.29, 1.82) is 0 Å². The van der Waals surface area contributed by atoms with Crippen LogP contribution in [0.4, 0.5) is 13.2 Å². The van der Waals surface area contributed by atoms with Crippen molar-refractivity contribution in [3.05, 3.63) is 71.7 Å². The van der Waals surface area contributed by atoms with Gasteiger partial charge in [0.2, 0.25) is 0 Å². The number of benzene rings is 1. The van der Waals surface area contributed by atoms with E-state index >= 15 is 0 Å². The molecule has 2 aromatic heterocycles. The number of carbonyl (C=O) groups is 1. The summed E-state index contributed by atoms with van der Waals surface area (Å²) in [6.45, 7) is 10.5. The average molecular weight is 545 g/mol. The van der Waals surface area contributed by atoms with E-state index in [0.717, 1.165) is 37.6 Å². The zero-order valence-corrected chi connectivity index (χ0v) is 22.5. The molecular formula is C29H35F3N4O3. The topological polar surface area (TPSA) is 63.7 Å². The number of halogens is 3. The van der Waals surface area contributed by atoms with Gasteiger partial charge in [0.15, 0.2) is 0 Å². The smallest absolute Gasteiger partial charge is 0.466 e. The van der Waals surface area contributed by atoms with Crippen molar-refractivity contribution < 1.29 is 27.1 Å². The Morgan fingerprint density at radius 1 is 1.23 bits per heavy atom. The van der Waals surface area contributed by atoms with Crippen molar-refractivity contribution in [2.75, 3.05) is 26.2 Å². The molecule has 39 heavy (non-hydrogen) atoms. The summed E-state index contributed by atoms with van der Waals surface area (Å²) in [5, 5.41) is 0. The Morgan fingerprint density at radius 3 is 2.64 bits per heavy atom. The number of amides is 1. The lowest BCUT2D eigenvalue weighted by molar-refractivity contribution is -0.274. The molecule has 1 aromatic carbocycles. The summed E-state index contributed by atoms with van der Waals surface area (Å²) in [6.07, 6.45) is -0.404. The molecule has 1 saturated carbocycles. The van der Waals surface area contributed by atoms with Crippen LogP contribution >= 0.6 is 0 Å². The number of rotatable bonds is 11. The quantitative estimate of drug-likeness (QED) is 0.309. The molecule has 0 spiro atoms. The number of aromatic nitrogens is 2. The molecule has 1 aliphatic carbocycles. The number of hydrogen-bond acceptors (Lipinski definition) is 5. The first-order valence-electron chi connectivity index (χ1n) is 13.5. The van der Waals surface area contributed by atoms with Crippen LogP contribution in [0.25, 0.3) is 0 Å². The van der Waals surface area contributed by atoms with Crippen LogP contribution < -0.4 is 4.74 Å². The fourth-order valence-electron chi connectivity index (χ4n) is 5.77. The molecule has 0 N–H and O–H groups in total. The molecule has 10 heteroatoms. The zero-order chi connectivity index (χ0) is 27.7. The summed E-state index contributed by atoms with van der Waals surface area (Å²) >= 11 is 0. The first-order chi connectivity index (χ1) is 18.6. The molecular weight excluding hydrogens is 509 g/mol. The summed E-state index contributed by atoms with van der Waals surface area (Å²) < 4.78 is 49.9. The maximum atomic E-state index is 13.5. The molecule has 1 aliphatic heterocycles. The van der Waals surface area contributed by atoms with Gasteiger partial charge in [-0.25, -0.2) is 4.98 Å². The third-order valence-electron chi connectivity index (χ3n) is 8.01. The Labute approximate surface area is 226 Å². The Kier molecular flexibility index (Phi) is 7.75. The van der Waals surface area contributed by atoms with Gasteiger partial charge in [-0.15, -0.1) is 13.2 Å². The number of carbonyl (C=O) groups excluding carboxylic acids is 1. The molecule has 5 rings (SSSR count). The second-order valence-corrected chi connectivity index (χ2v) is 10.9. The van der Waals surface area contributed by atoms with Gasteiger partial charge >= 0.3 is 6.36 Å². The number of imidazole rings is 1. The molecule has 3 unspecified atom stereocenters. The van der Waals surface area contributed by atoms with Crippen molar-refractivity contribution in [3.63, 3.8) is 0 Å². The number of likely N-dealkylation sites (tertiary alicyclic amines) is 1. The first kappa shape index (κ1) is 27.3. The maximum absolute atomic E-state index is 13.5. The van der Waals surface area contributed by atoms with Gasteiger partial charge in [-0.1, -0.05) is 19.1 Å². The number of alkyl halides is 3. The minimum Gasteiger partial charge on any atom is -0.466 e. The number of piperidine rings is 1. The number of ether oxygens (including phenoxy) is 1. The third-order valence-corrected chi connectivity index (χ3v) is 8.01. The first-order valence-corrected chi connectivity index (χ1v) is 13.5. The third kappa shape index (κ3) is 6.66. The molecule has 3 aromatic rings. The minimum absolute atomic E-state index is 0.187. The van der Waals surface area contributed by atoms with Gasteiger partial charge in [0.25, 0.3) is 5.91 Å². The van der Waals surface area contributed by atoms with Crippen LogP contribution in [0.15, 0.2) is 53.3 Å². The number of aryl methyl sites for hydroxylation is 2. The second-order valence-electron chi connectivity index (χ2n) is 10.9. The van der Waals surface area contributed by atoms with E-state index in [0.29, 0.717) is 48.0 Å². The molecule has 210 valence electrons. The Morgan fingerprint density at radius 2 is 2.00 bits per heavy atom. The van der Waals surface area contributed by atoms with E-state index in [1.54, 1.807) is 23.5 Å². The lowest BCUT2D eigenvalue weighted by Crippen LogP contribution is -2.35. The number of hydrogen-bond donors (Lipinski definition) is 0. The highest BCUT2D eigenvalue weighted by Crippen LogP contribution is 2.52. The monoisotopic (exact) mass is 544 g/mol. The van der Waals surface area contributed by atoms with E-state index in [9.17, 15) is 18.0 Å². The van der Waals surface area contributed by atoms with E-state index in [4.69, 9.17) is 4.42 Å². The van der Waals surface area contributed by atoms with Crippen LogP contribution in [0.2, 0.25) is 0 Å². The van der Waals surface area contributed by atoms with E-state index in [2.05, 4.69) is 27.6 Å². The Hall–Kier alpha value is -3.27. The normalized spacial score (nSPS) is 21.5. The molecule has 2 fully saturated rings. The van der Waals surface area contributed by atoms with Gasteiger partial charge in [-0.2, -0.15) is 0 Å². The molecule has 3 atom stereocenters. The zero-order valence-electron chi connectivity index (χ0n) is 22.5. The molecule has 0 radical (unpaired) electrons. The highest BCUT2D eigenvalue weighted by atomic mass is 19.4. The van der Waals surface area contributed by atoms with Crippen LogP contribution in [0.1, 0.15) is 53.8 Å². The van der Waals surface area contributed by atoms with Gasteiger partial charge in [0.1, 0.15) is 23.0 Å².